The van der Waals surface area contributed by atoms with Crippen LogP contribution in [-0.2, 0) is 6.54 Å². The Balaban J connectivity index is 2.06. The van der Waals surface area contributed by atoms with E-state index in [2.05, 4.69) is 11.4 Å². The zero-order valence-electron chi connectivity index (χ0n) is 10.4. The second-order valence-corrected chi connectivity index (χ2v) is 4.91. The zero-order valence-corrected chi connectivity index (χ0v) is 11.2. The Hall–Kier alpha value is -1.81. The van der Waals surface area contributed by atoms with E-state index < -0.39 is 0 Å². The number of carbonyl (C=O) groups excluding carboxylic acids is 1. The molecule has 0 saturated heterocycles. The lowest BCUT2D eigenvalue weighted by Gasteiger charge is -2.08. The van der Waals surface area contributed by atoms with Gasteiger partial charge in [-0.3, -0.25) is 4.79 Å². The van der Waals surface area contributed by atoms with E-state index in [1.807, 2.05) is 24.4 Å². The molecular formula is C14H15NO2S. The summed E-state index contributed by atoms with van der Waals surface area (Å²) in [6.07, 6.45) is 0. The molecule has 1 N–H and O–H groups in total. The second-order valence-electron chi connectivity index (χ2n) is 3.91. The summed E-state index contributed by atoms with van der Waals surface area (Å²) < 4.78 is 5.17. The highest BCUT2D eigenvalue weighted by atomic mass is 32.1. The molecular weight excluding hydrogens is 246 g/mol. The number of nitrogens with one attached hydrogen (secondary N) is 1. The smallest absolute Gasteiger partial charge is 0.255 e. The Labute approximate surface area is 110 Å². The number of hydrogen-bond donors (Lipinski definition) is 1. The average Bonchev–Trinajstić information content (AvgIpc) is 2.81. The van der Waals surface area contributed by atoms with Gasteiger partial charge in [-0.15, -0.1) is 11.3 Å². The Morgan fingerprint density at radius 1 is 1.33 bits per heavy atom. The molecule has 18 heavy (non-hydrogen) atoms. The lowest BCUT2D eigenvalue weighted by atomic mass is 10.2. The first kappa shape index (κ1) is 12.6. The van der Waals surface area contributed by atoms with Gasteiger partial charge in [0.05, 0.1) is 19.2 Å². The number of thiophene rings is 1. The van der Waals surface area contributed by atoms with Crippen molar-refractivity contribution in [3.05, 3.63) is 51.7 Å². The highest BCUT2D eigenvalue weighted by molar-refractivity contribution is 7.10. The first-order valence-corrected chi connectivity index (χ1v) is 6.54. The van der Waals surface area contributed by atoms with Gasteiger partial charge in [-0.2, -0.15) is 0 Å². The van der Waals surface area contributed by atoms with Crippen LogP contribution in [0.1, 0.15) is 20.8 Å². The average molecular weight is 261 g/mol. The van der Waals surface area contributed by atoms with Gasteiger partial charge in [0.2, 0.25) is 0 Å². The van der Waals surface area contributed by atoms with Gasteiger partial charge in [0.1, 0.15) is 5.75 Å². The number of benzene rings is 1. The van der Waals surface area contributed by atoms with Crippen LogP contribution in [0.5, 0.6) is 5.75 Å². The van der Waals surface area contributed by atoms with Crippen LogP contribution in [0.15, 0.2) is 35.7 Å². The summed E-state index contributed by atoms with van der Waals surface area (Å²) in [6.45, 7) is 2.60. The molecule has 0 spiro atoms. The Morgan fingerprint density at radius 3 is 2.78 bits per heavy atom. The number of aryl methyl sites for hydroxylation is 1. The highest BCUT2D eigenvalue weighted by Crippen LogP contribution is 2.18. The predicted octanol–water partition coefficient (Wildman–Crippen LogP) is 3.00. The lowest BCUT2D eigenvalue weighted by Crippen LogP contribution is -2.23. The van der Waals surface area contributed by atoms with Gasteiger partial charge in [-0.25, -0.2) is 0 Å². The fourth-order valence-corrected chi connectivity index (χ4v) is 2.52. The molecule has 0 radical (unpaired) electrons. The third kappa shape index (κ3) is 2.71. The summed E-state index contributed by atoms with van der Waals surface area (Å²) >= 11 is 1.65. The summed E-state index contributed by atoms with van der Waals surface area (Å²) in [5.74, 6) is 0.484. The molecule has 0 fully saturated rings. The molecule has 0 bridgehead atoms. The van der Waals surface area contributed by atoms with Crippen LogP contribution in [0.25, 0.3) is 0 Å². The van der Waals surface area contributed by atoms with Gasteiger partial charge in [-0.05, 0) is 36.1 Å². The fraction of sp³-hybridized carbons (Fsp3) is 0.214. The summed E-state index contributed by atoms with van der Waals surface area (Å²) in [5, 5.41) is 4.94. The van der Waals surface area contributed by atoms with Crippen molar-refractivity contribution in [1.29, 1.82) is 0 Å². The maximum Gasteiger partial charge on any atom is 0.255 e. The molecule has 1 heterocycles. The van der Waals surface area contributed by atoms with E-state index in [1.54, 1.807) is 30.6 Å². The molecule has 3 nitrogen and oxygen atoms in total. The van der Waals surface area contributed by atoms with Crippen molar-refractivity contribution in [3.8, 4) is 5.75 Å². The standard InChI is InChI=1S/C14H15NO2S/c1-10-7-8-18-13(10)9-15-14(16)11-5-3-4-6-12(11)17-2/h3-8H,9H2,1-2H3,(H,15,16). The number of hydrogen-bond acceptors (Lipinski definition) is 3. The van der Waals surface area contributed by atoms with Crippen LogP contribution in [0.4, 0.5) is 0 Å². The Kier molecular flexibility index (Phi) is 3.99. The van der Waals surface area contributed by atoms with E-state index >= 15 is 0 Å². The minimum absolute atomic E-state index is 0.111. The van der Waals surface area contributed by atoms with E-state index in [1.165, 1.54) is 10.4 Å². The van der Waals surface area contributed by atoms with Crippen molar-refractivity contribution >= 4 is 17.2 Å². The van der Waals surface area contributed by atoms with E-state index in [0.29, 0.717) is 17.9 Å². The summed E-state index contributed by atoms with van der Waals surface area (Å²) in [6, 6.07) is 9.27. The van der Waals surface area contributed by atoms with Gasteiger partial charge >= 0.3 is 0 Å². The molecule has 0 atom stereocenters. The molecule has 1 aromatic heterocycles. The molecule has 2 rings (SSSR count). The zero-order chi connectivity index (χ0) is 13.0. The van der Waals surface area contributed by atoms with Gasteiger partial charge < -0.3 is 10.1 Å². The van der Waals surface area contributed by atoms with Crippen molar-refractivity contribution in [2.45, 2.75) is 13.5 Å². The molecule has 0 aliphatic carbocycles. The number of para-hydroxylation sites is 1. The predicted molar refractivity (Wildman–Crippen MR) is 73.2 cm³/mol. The van der Waals surface area contributed by atoms with Crippen LogP contribution in [0, 0.1) is 6.92 Å². The third-order valence-corrected chi connectivity index (χ3v) is 3.75. The summed E-state index contributed by atoms with van der Waals surface area (Å²) in [4.78, 5) is 13.2. The van der Waals surface area contributed by atoms with Crippen LogP contribution in [-0.4, -0.2) is 13.0 Å². The molecule has 94 valence electrons. The highest BCUT2D eigenvalue weighted by Gasteiger charge is 2.11. The molecule has 0 aliphatic rings. The Morgan fingerprint density at radius 2 is 2.11 bits per heavy atom. The number of methoxy groups -OCH3 is 1. The van der Waals surface area contributed by atoms with Crippen molar-refractivity contribution in [2.24, 2.45) is 0 Å². The van der Waals surface area contributed by atoms with Crippen LogP contribution >= 0.6 is 11.3 Å². The summed E-state index contributed by atoms with van der Waals surface area (Å²) in [5.41, 5.74) is 1.77. The molecule has 0 aliphatic heterocycles. The van der Waals surface area contributed by atoms with Gasteiger partial charge in [-0.1, -0.05) is 12.1 Å². The van der Waals surface area contributed by atoms with Gasteiger partial charge in [0.25, 0.3) is 5.91 Å². The monoisotopic (exact) mass is 261 g/mol. The molecule has 0 saturated carbocycles. The molecule has 2 aromatic rings. The number of rotatable bonds is 4. The maximum atomic E-state index is 12.0. The van der Waals surface area contributed by atoms with Gasteiger partial charge in [0.15, 0.2) is 0 Å². The Bertz CT molecular complexity index is 548. The molecule has 1 aromatic carbocycles. The number of amides is 1. The molecule has 4 heteroatoms. The topological polar surface area (TPSA) is 38.3 Å². The number of ether oxygens (including phenoxy) is 1. The third-order valence-electron chi connectivity index (χ3n) is 2.73. The first-order valence-electron chi connectivity index (χ1n) is 5.66. The number of carbonyl (C=O) groups is 1. The SMILES string of the molecule is COc1ccccc1C(=O)NCc1sccc1C. The largest absolute Gasteiger partial charge is 0.496 e. The quantitative estimate of drug-likeness (QED) is 0.918. The van der Waals surface area contributed by atoms with Crippen molar-refractivity contribution in [3.63, 3.8) is 0 Å². The van der Waals surface area contributed by atoms with Crippen LogP contribution in [0.3, 0.4) is 0 Å². The minimum Gasteiger partial charge on any atom is -0.496 e. The van der Waals surface area contributed by atoms with Crippen LogP contribution < -0.4 is 10.1 Å². The van der Waals surface area contributed by atoms with E-state index in [-0.39, 0.29) is 5.91 Å². The van der Waals surface area contributed by atoms with E-state index in [4.69, 9.17) is 4.74 Å². The van der Waals surface area contributed by atoms with E-state index in [9.17, 15) is 4.79 Å². The molecule has 0 unspecified atom stereocenters. The first-order chi connectivity index (χ1) is 8.72. The lowest BCUT2D eigenvalue weighted by molar-refractivity contribution is 0.0948. The van der Waals surface area contributed by atoms with Crippen molar-refractivity contribution in [2.75, 3.05) is 7.11 Å². The normalized spacial score (nSPS) is 10.1. The minimum atomic E-state index is -0.111. The van der Waals surface area contributed by atoms with Crippen LogP contribution in [0.2, 0.25) is 0 Å². The van der Waals surface area contributed by atoms with Crippen molar-refractivity contribution < 1.29 is 9.53 Å². The second kappa shape index (κ2) is 5.69. The summed E-state index contributed by atoms with van der Waals surface area (Å²) in [7, 11) is 1.57. The fourth-order valence-electron chi connectivity index (χ4n) is 1.67. The van der Waals surface area contributed by atoms with Gasteiger partial charge in [0, 0.05) is 4.88 Å². The van der Waals surface area contributed by atoms with Crippen molar-refractivity contribution in [1.82, 2.24) is 5.32 Å². The molecule has 1 amide bonds. The van der Waals surface area contributed by atoms with E-state index in [0.717, 1.165) is 0 Å². The maximum absolute atomic E-state index is 12.0.